The van der Waals surface area contributed by atoms with Gasteiger partial charge in [-0.15, -0.1) is 0 Å². The molecule has 1 aromatic rings. The van der Waals surface area contributed by atoms with E-state index in [2.05, 4.69) is 43.0 Å². The van der Waals surface area contributed by atoms with E-state index in [1.54, 1.807) is 0 Å². The van der Waals surface area contributed by atoms with Crippen molar-refractivity contribution in [2.45, 2.75) is 38.8 Å². The number of nitrogens with one attached hydrogen (secondary N) is 1. The summed E-state index contributed by atoms with van der Waals surface area (Å²) < 4.78 is 0. The minimum Gasteiger partial charge on any atom is -0.365 e. The maximum Gasteiger partial charge on any atom is 0.0337 e. The second kappa shape index (κ2) is 3.18. The number of fused-ring (bicyclic) bond motifs is 1. The van der Waals surface area contributed by atoms with Gasteiger partial charge in [-0.1, -0.05) is 6.92 Å². The quantitative estimate of drug-likeness (QED) is 0.699. The maximum atomic E-state index is 3.35. The highest BCUT2D eigenvalue weighted by molar-refractivity contribution is 5.27. The fourth-order valence-corrected chi connectivity index (χ4v) is 2.33. The molecule has 2 heteroatoms. The van der Waals surface area contributed by atoms with Gasteiger partial charge in [0, 0.05) is 30.4 Å². The average molecular weight is 178 g/mol. The Morgan fingerprint density at radius 2 is 2.38 bits per heavy atom. The Hall–Kier alpha value is -0.760. The standard InChI is InChI=1S/C11H18N2/c1-4-9-7-11-10(5-6-12-11)8(2)13(9)3/h5-6,8-9,12H,4,7H2,1-3H3. The highest BCUT2D eigenvalue weighted by atomic mass is 15.2. The number of nitrogens with zero attached hydrogens (tertiary/aromatic N) is 1. The summed E-state index contributed by atoms with van der Waals surface area (Å²) >= 11 is 0. The monoisotopic (exact) mass is 178 g/mol. The van der Waals surface area contributed by atoms with Crippen molar-refractivity contribution in [2.24, 2.45) is 0 Å². The van der Waals surface area contributed by atoms with Gasteiger partial charge in [-0.2, -0.15) is 0 Å². The largest absolute Gasteiger partial charge is 0.365 e. The van der Waals surface area contributed by atoms with Crippen LogP contribution in [0.25, 0.3) is 0 Å². The molecular weight excluding hydrogens is 160 g/mol. The lowest BCUT2D eigenvalue weighted by atomic mass is 9.94. The van der Waals surface area contributed by atoms with Crippen LogP contribution in [0.4, 0.5) is 0 Å². The smallest absolute Gasteiger partial charge is 0.0337 e. The number of H-pyrrole nitrogens is 1. The van der Waals surface area contributed by atoms with Crippen molar-refractivity contribution >= 4 is 0 Å². The van der Waals surface area contributed by atoms with E-state index in [0.717, 1.165) is 0 Å². The van der Waals surface area contributed by atoms with Crippen LogP contribution in [0.15, 0.2) is 12.3 Å². The van der Waals surface area contributed by atoms with Gasteiger partial charge in [0.2, 0.25) is 0 Å². The molecule has 0 saturated carbocycles. The highest BCUT2D eigenvalue weighted by Crippen LogP contribution is 2.31. The topological polar surface area (TPSA) is 19.0 Å². The predicted octanol–water partition coefficient (Wildman–Crippen LogP) is 2.34. The molecule has 0 saturated heterocycles. The molecule has 0 amide bonds. The van der Waals surface area contributed by atoms with Gasteiger partial charge in [-0.3, -0.25) is 4.90 Å². The second-order valence-corrected chi connectivity index (χ2v) is 4.02. The number of hydrogen-bond acceptors (Lipinski definition) is 1. The Morgan fingerprint density at radius 3 is 3.08 bits per heavy atom. The minimum absolute atomic E-state index is 0.569. The Balaban J connectivity index is 2.32. The molecule has 1 N–H and O–H groups in total. The molecule has 1 aliphatic rings. The zero-order chi connectivity index (χ0) is 9.42. The molecule has 0 radical (unpaired) electrons. The fourth-order valence-electron chi connectivity index (χ4n) is 2.33. The second-order valence-electron chi connectivity index (χ2n) is 4.02. The molecule has 1 aliphatic heterocycles. The number of hydrogen-bond donors (Lipinski definition) is 1. The number of aromatic nitrogens is 1. The van der Waals surface area contributed by atoms with Crippen molar-refractivity contribution in [1.82, 2.24) is 9.88 Å². The van der Waals surface area contributed by atoms with Gasteiger partial charge in [0.05, 0.1) is 0 Å². The minimum atomic E-state index is 0.569. The van der Waals surface area contributed by atoms with E-state index in [1.165, 1.54) is 24.1 Å². The normalized spacial score (nSPS) is 28.8. The number of likely N-dealkylation sites (N-methyl/N-ethyl adjacent to an activating group) is 1. The van der Waals surface area contributed by atoms with E-state index in [4.69, 9.17) is 0 Å². The average Bonchev–Trinajstić information content (AvgIpc) is 2.59. The zero-order valence-electron chi connectivity index (χ0n) is 8.67. The predicted molar refractivity (Wildman–Crippen MR) is 54.8 cm³/mol. The third-order valence-corrected chi connectivity index (χ3v) is 3.42. The highest BCUT2D eigenvalue weighted by Gasteiger charge is 2.28. The molecule has 0 aliphatic carbocycles. The molecule has 0 bridgehead atoms. The SMILES string of the molecule is CCC1Cc2[nH]ccc2C(C)N1C. The molecule has 2 heterocycles. The first-order valence-electron chi connectivity index (χ1n) is 5.12. The first-order chi connectivity index (χ1) is 6.24. The van der Waals surface area contributed by atoms with Crippen LogP contribution in [0.2, 0.25) is 0 Å². The third kappa shape index (κ3) is 1.29. The van der Waals surface area contributed by atoms with Gasteiger partial charge < -0.3 is 4.98 Å². The third-order valence-electron chi connectivity index (χ3n) is 3.42. The Labute approximate surface area is 79.9 Å². The number of aromatic amines is 1. The zero-order valence-corrected chi connectivity index (χ0v) is 8.67. The molecular formula is C11H18N2. The van der Waals surface area contributed by atoms with Crippen molar-refractivity contribution in [3.63, 3.8) is 0 Å². The summed E-state index contributed by atoms with van der Waals surface area (Å²) in [7, 11) is 2.23. The van der Waals surface area contributed by atoms with Gasteiger partial charge >= 0.3 is 0 Å². The number of rotatable bonds is 1. The van der Waals surface area contributed by atoms with Crippen molar-refractivity contribution in [2.75, 3.05) is 7.05 Å². The molecule has 2 unspecified atom stereocenters. The lowest BCUT2D eigenvalue weighted by Crippen LogP contribution is -2.39. The van der Waals surface area contributed by atoms with Crippen LogP contribution >= 0.6 is 0 Å². The van der Waals surface area contributed by atoms with Gasteiger partial charge in [-0.05, 0) is 32.0 Å². The molecule has 72 valence electrons. The Bertz CT molecular complexity index is 290. The Kier molecular flexibility index (Phi) is 2.16. The molecule has 1 aromatic heterocycles. The molecule has 0 fully saturated rings. The summed E-state index contributed by atoms with van der Waals surface area (Å²) in [6, 6.07) is 3.49. The van der Waals surface area contributed by atoms with Crippen molar-refractivity contribution < 1.29 is 0 Å². The summed E-state index contributed by atoms with van der Waals surface area (Å²) in [6.07, 6.45) is 4.48. The summed E-state index contributed by atoms with van der Waals surface area (Å²) in [5.41, 5.74) is 2.92. The fraction of sp³-hybridized carbons (Fsp3) is 0.636. The lowest BCUT2D eigenvalue weighted by Gasteiger charge is -2.37. The first-order valence-corrected chi connectivity index (χ1v) is 5.12. The van der Waals surface area contributed by atoms with Crippen LogP contribution < -0.4 is 0 Å². The van der Waals surface area contributed by atoms with Crippen LogP contribution in [0, 0.1) is 0 Å². The van der Waals surface area contributed by atoms with Gasteiger partial charge in [0.25, 0.3) is 0 Å². The molecule has 2 atom stereocenters. The maximum absolute atomic E-state index is 3.35. The van der Waals surface area contributed by atoms with E-state index >= 15 is 0 Å². The van der Waals surface area contributed by atoms with Crippen LogP contribution in [-0.4, -0.2) is 23.0 Å². The van der Waals surface area contributed by atoms with E-state index in [0.29, 0.717) is 12.1 Å². The molecule has 2 nitrogen and oxygen atoms in total. The van der Waals surface area contributed by atoms with Crippen LogP contribution in [0.1, 0.15) is 37.6 Å². The summed E-state index contributed by atoms with van der Waals surface area (Å²) in [5.74, 6) is 0. The molecule has 0 spiro atoms. The summed E-state index contributed by atoms with van der Waals surface area (Å²) in [4.78, 5) is 5.83. The molecule has 0 aromatic carbocycles. The molecule has 13 heavy (non-hydrogen) atoms. The van der Waals surface area contributed by atoms with Crippen LogP contribution in [-0.2, 0) is 6.42 Å². The summed E-state index contributed by atoms with van der Waals surface area (Å²) in [6.45, 7) is 4.55. The van der Waals surface area contributed by atoms with Crippen molar-refractivity contribution in [1.29, 1.82) is 0 Å². The van der Waals surface area contributed by atoms with Gasteiger partial charge in [-0.25, -0.2) is 0 Å². The van der Waals surface area contributed by atoms with E-state index in [1.807, 2.05) is 0 Å². The van der Waals surface area contributed by atoms with Crippen molar-refractivity contribution in [3.8, 4) is 0 Å². The van der Waals surface area contributed by atoms with E-state index in [-0.39, 0.29) is 0 Å². The van der Waals surface area contributed by atoms with Gasteiger partial charge in [0.15, 0.2) is 0 Å². The van der Waals surface area contributed by atoms with Crippen LogP contribution in [0.5, 0.6) is 0 Å². The Morgan fingerprint density at radius 1 is 1.62 bits per heavy atom. The van der Waals surface area contributed by atoms with E-state index in [9.17, 15) is 0 Å². The first kappa shape index (κ1) is 8.82. The summed E-state index contributed by atoms with van der Waals surface area (Å²) in [5, 5.41) is 0. The van der Waals surface area contributed by atoms with Crippen molar-refractivity contribution in [3.05, 3.63) is 23.5 Å². The lowest BCUT2D eigenvalue weighted by molar-refractivity contribution is 0.161. The van der Waals surface area contributed by atoms with Gasteiger partial charge in [0.1, 0.15) is 0 Å². The van der Waals surface area contributed by atoms with Crippen LogP contribution in [0.3, 0.4) is 0 Å². The molecule has 2 rings (SSSR count). The van der Waals surface area contributed by atoms with E-state index < -0.39 is 0 Å².